The van der Waals surface area contributed by atoms with E-state index in [1.807, 2.05) is 13.8 Å². The van der Waals surface area contributed by atoms with Crippen LogP contribution < -0.4 is 11.1 Å². The van der Waals surface area contributed by atoms with Crippen molar-refractivity contribution in [2.45, 2.75) is 32.7 Å². The van der Waals surface area contributed by atoms with Crippen LogP contribution in [0.15, 0.2) is 12.2 Å². The highest BCUT2D eigenvalue weighted by Gasteiger charge is 2.10. The molecule has 3 heteroatoms. The molecule has 0 rings (SSSR count). The van der Waals surface area contributed by atoms with Gasteiger partial charge in [-0.15, -0.1) is 0 Å². The van der Waals surface area contributed by atoms with Gasteiger partial charge in [0.15, 0.2) is 0 Å². The Bertz CT molecular complexity index is 166. The maximum absolute atomic E-state index is 11.2. The van der Waals surface area contributed by atoms with Gasteiger partial charge in [-0.1, -0.05) is 25.5 Å². The number of rotatable bonds is 5. The van der Waals surface area contributed by atoms with Crippen LogP contribution in [0, 0.1) is 0 Å². The Morgan fingerprint density at radius 3 is 2.67 bits per heavy atom. The van der Waals surface area contributed by atoms with Gasteiger partial charge in [0.1, 0.15) is 0 Å². The Kier molecular flexibility index (Phi) is 5.37. The van der Waals surface area contributed by atoms with Crippen molar-refractivity contribution >= 4 is 5.91 Å². The molecule has 0 aromatic carbocycles. The fourth-order valence-corrected chi connectivity index (χ4v) is 0.811. The van der Waals surface area contributed by atoms with Crippen molar-refractivity contribution in [1.82, 2.24) is 5.32 Å². The molecule has 0 spiro atoms. The number of amides is 1. The predicted octanol–water partition coefficient (Wildman–Crippen LogP) is 0.806. The van der Waals surface area contributed by atoms with Crippen LogP contribution in [-0.2, 0) is 4.79 Å². The van der Waals surface area contributed by atoms with E-state index >= 15 is 0 Å². The molecule has 0 heterocycles. The molecule has 1 unspecified atom stereocenters. The molecule has 0 bridgehead atoms. The van der Waals surface area contributed by atoms with Gasteiger partial charge in [-0.25, -0.2) is 0 Å². The van der Waals surface area contributed by atoms with Crippen molar-refractivity contribution in [3.8, 4) is 0 Å². The van der Waals surface area contributed by atoms with E-state index in [1.165, 1.54) is 0 Å². The molecule has 1 amide bonds. The summed E-state index contributed by atoms with van der Waals surface area (Å²) in [7, 11) is 0. The van der Waals surface area contributed by atoms with Crippen molar-refractivity contribution in [2.75, 3.05) is 6.54 Å². The molecule has 0 aromatic heterocycles. The highest BCUT2D eigenvalue weighted by molar-refractivity contribution is 5.81. The van der Waals surface area contributed by atoms with Gasteiger partial charge in [-0.05, 0) is 13.3 Å². The molecule has 0 aromatic rings. The summed E-state index contributed by atoms with van der Waals surface area (Å²) in [6.45, 7) is 8.07. The lowest BCUT2D eigenvalue weighted by Crippen LogP contribution is -2.40. The number of nitrogens with two attached hydrogens (primary N) is 1. The Balaban J connectivity index is 3.64. The lowest BCUT2D eigenvalue weighted by Gasteiger charge is -2.10. The van der Waals surface area contributed by atoms with Crippen molar-refractivity contribution < 1.29 is 4.79 Å². The zero-order valence-electron chi connectivity index (χ0n) is 7.89. The minimum Gasteiger partial charge on any atom is -0.351 e. The molecule has 0 saturated carbocycles. The summed E-state index contributed by atoms with van der Waals surface area (Å²) in [5.41, 5.74) is 6.51. The Hall–Kier alpha value is -0.830. The molecule has 70 valence electrons. The molecule has 12 heavy (non-hydrogen) atoms. The zero-order valence-corrected chi connectivity index (χ0v) is 7.89. The monoisotopic (exact) mass is 170 g/mol. The second-order valence-electron chi connectivity index (χ2n) is 3.07. The van der Waals surface area contributed by atoms with Crippen LogP contribution in [0.25, 0.3) is 0 Å². The predicted molar refractivity (Wildman–Crippen MR) is 50.7 cm³/mol. The van der Waals surface area contributed by atoms with E-state index in [0.29, 0.717) is 6.54 Å². The quantitative estimate of drug-likeness (QED) is 0.600. The third-order valence-electron chi connectivity index (χ3n) is 1.50. The van der Waals surface area contributed by atoms with Crippen molar-refractivity contribution in [3.05, 3.63) is 12.2 Å². The van der Waals surface area contributed by atoms with Crippen LogP contribution in [0.4, 0.5) is 0 Å². The first kappa shape index (κ1) is 11.2. The third kappa shape index (κ3) is 4.91. The van der Waals surface area contributed by atoms with E-state index in [4.69, 9.17) is 5.73 Å². The van der Waals surface area contributed by atoms with E-state index in [-0.39, 0.29) is 11.9 Å². The van der Waals surface area contributed by atoms with Gasteiger partial charge in [-0.3, -0.25) is 4.79 Å². The Morgan fingerprint density at radius 1 is 1.67 bits per heavy atom. The molecule has 0 saturated heterocycles. The SMILES string of the molecule is C=C(C)CNC(=O)C(N)CCC. The van der Waals surface area contributed by atoms with E-state index in [9.17, 15) is 4.79 Å². The van der Waals surface area contributed by atoms with E-state index in [0.717, 1.165) is 18.4 Å². The fourth-order valence-electron chi connectivity index (χ4n) is 0.811. The summed E-state index contributed by atoms with van der Waals surface area (Å²) < 4.78 is 0. The summed E-state index contributed by atoms with van der Waals surface area (Å²) in [6, 6.07) is -0.366. The Morgan fingerprint density at radius 2 is 2.25 bits per heavy atom. The van der Waals surface area contributed by atoms with Gasteiger partial charge >= 0.3 is 0 Å². The lowest BCUT2D eigenvalue weighted by atomic mass is 10.1. The summed E-state index contributed by atoms with van der Waals surface area (Å²) >= 11 is 0. The summed E-state index contributed by atoms with van der Waals surface area (Å²) in [5, 5.41) is 2.70. The maximum Gasteiger partial charge on any atom is 0.237 e. The minimum absolute atomic E-state index is 0.0835. The largest absolute Gasteiger partial charge is 0.351 e. The number of carbonyl (C=O) groups is 1. The topological polar surface area (TPSA) is 55.1 Å². The smallest absolute Gasteiger partial charge is 0.237 e. The molecule has 0 aliphatic rings. The minimum atomic E-state index is -0.366. The Labute approximate surface area is 74.0 Å². The van der Waals surface area contributed by atoms with Gasteiger partial charge < -0.3 is 11.1 Å². The van der Waals surface area contributed by atoms with Crippen LogP contribution >= 0.6 is 0 Å². The normalized spacial score (nSPS) is 12.2. The van der Waals surface area contributed by atoms with Crippen molar-refractivity contribution in [2.24, 2.45) is 5.73 Å². The second kappa shape index (κ2) is 5.77. The van der Waals surface area contributed by atoms with Crippen LogP contribution in [0.3, 0.4) is 0 Å². The van der Waals surface area contributed by atoms with Gasteiger partial charge in [-0.2, -0.15) is 0 Å². The van der Waals surface area contributed by atoms with E-state index in [1.54, 1.807) is 0 Å². The first-order valence-electron chi connectivity index (χ1n) is 4.25. The highest BCUT2D eigenvalue weighted by Crippen LogP contribution is 1.93. The van der Waals surface area contributed by atoms with E-state index < -0.39 is 0 Å². The van der Waals surface area contributed by atoms with Crippen LogP contribution in [0.1, 0.15) is 26.7 Å². The van der Waals surface area contributed by atoms with Crippen molar-refractivity contribution in [3.63, 3.8) is 0 Å². The number of hydrogen-bond acceptors (Lipinski definition) is 2. The van der Waals surface area contributed by atoms with Crippen LogP contribution in [0.5, 0.6) is 0 Å². The van der Waals surface area contributed by atoms with Gasteiger partial charge in [0.05, 0.1) is 6.04 Å². The average molecular weight is 170 g/mol. The molecule has 0 radical (unpaired) electrons. The molecule has 0 fully saturated rings. The van der Waals surface area contributed by atoms with Crippen LogP contribution in [-0.4, -0.2) is 18.5 Å². The second-order valence-corrected chi connectivity index (χ2v) is 3.07. The van der Waals surface area contributed by atoms with E-state index in [2.05, 4.69) is 11.9 Å². The average Bonchev–Trinajstić information content (AvgIpc) is 2.00. The number of nitrogens with one attached hydrogen (secondary N) is 1. The van der Waals surface area contributed by atoms with Gasteiger partial charge in [0.2, 0.25) is 5.91 Å². The van der Waals surface area contributed by atoms with Gasteiger partial charge in [0.25, 0.3) is 0 Å². The van der Waals surface area contributed by atoms with Crippen molar-refractivity contribution in [1.29, 1.82) is 0 Å². The first-order valence-corrected chi connectivity index (χ1v) is 4.25. The molecule has 0 aliphatic heterocycles. The molecular formula is C9H18N2O. The highest BCUT2D eigenvalue weighted by atomic mass is 16.2. The van der Waals surface area contributed by atoms with Gasteiger partial charge in [0, 0.05) is 6.54 Å². The summed E-state index contributed by atoms with van der Waals surface area (Å²) in [4.78, 5) is 11.2. The molecular weight excluding hydrogens is 152 g/mol. The lowest BCUT2D eigenvalue weighted by molar-refractivity contribution is -0.122. The fraction of sp³-hybridized carbons (Fsp3) is 0.667. The zero-order chi connectivity index (χ0) is 9.56. The molecule has 3 nitrogen and oxygen atoms in total. The maximum atomic E-state index is 11.2. The molecule has 0 aliphatic carbocycles. The first-order chi connectivity index (χ1) is 5.57. The third-order valence-corrected chi connectivity index (χ3v) is 1.50. The number of carbonyl (C=O) groups excluding carboxylic acids is 1. The summed E-state index contributed by atoms with van der Waals surface area (Å²) in [5.74, 6) is -0.0835. The van der Waals surface area contributed by atoms with Crippen LogP contribution in [0.2, 0.25) is 0 Å². The molecule has 1 atom stereocenters. The standard InChI is InChI=1S/C9H18N2O/c1-4-5-8(10)9(12)11-6-7(2)3/h8H,2,4-6,10H2,1,3H3,(H,11,12). The summed E-state index contributed by atoms with van der Waals surface area (Å²) in [6.07, 6.45) is 1.67. The number of hydrogen-bond donors (Lipinski definition) is 2. The molecule has 3 N–H and O–H groups in total.